The Morgan fingerprint density at radius 1 is 1.24 bits per heavy atom. The molecule has 0 saturated heterocycles. The smallest absolute Gasteiger partial charge is 0.358 e. The lowest BCUT2D eigenvalue weighted by Gasteiger charge is -2.07. The highest BCUT2D eigenvalue weighted by molar-refractivity contribution is 6.00. The first-order valence-electron chi connectivity index (χ1n) is 6.64. The molecule has 0 aliphatic heterocycles. The van der Waals surface area contributed by atoms with Gasteiger partial charge in [-0.1, -0.05) is 12.1 Å². The van der Waals surface area contributed by atoms with Crippen molar-refractivity contribution in [1.29, 1.82) is 0 Å². The molecule has 0 bridgehead atoms. The van der Waals surface area contributed by atoms with Crippen LogP contribution in [-0.4, -0.2) is 37.2 Å². The van der Waals surface area contributed by atoms with E-state index in [-0.39, 0.29) is 31.3 Å². The fourth-order valence-electron chi connectivity index (χ4n) is 1.95. The number of carbonyl (C=O) groups excluding carboxylic acids is 2. The number of esters is 2. The van der Waals surface area contributed by atoms with Crippen molar-refractivity contribution < 1.29 is 23.8 Å². The first-order valence-corrected chi connectivity index (χ1v) is 6.64. The van der Waals surface area contributed by atoms with Gasteiger partial charge in [-0.25, -0.2) is 4.79 Å². The first-order chi connectivity index (χ1) is 10.2. The van der Waals surface area contributed by atoms with Gasteiger partial charge in [0.05, 0.1) is 26.7 Å². The van der Waals surface area contributed by atoms with Crippen LogP contribution in [-0.2, 0) is 14.3 Å². The van der Waals surface area contributed by atoms with Crippen molar-refractivity contribution in [3.05, 3.63) is 30.0 Å². The fourth-order valence-corrected chi connectivity index (χ4v) is 1.95. The SMILES string of the molecule is CCOC(=O)c1[nH]c2ccccc2c1OCCC(=O)OC. The summed E-state index contributed by atoms with van der Waals surface area (Å²) >= 11 is 0. The number of methoxy groups -OCH3 is 1. The van der Waals surface area contributed by atoms with Gasteiger partial charge in [-0.05, 0) is 19.1 Å². The Morgan fingerprint density at radius 3 is 2.71 bits per heavy atom. The summed E-state index contributed by atoms with van der Waals surface area (Å²) in [6.07, 6.45) is 0.109. The lowest BCUT2D eigenvalue weighted by atomic mass is 10.2. The van der Waals surface area contributed by atoms with Crippen LogP contribution in [0.1, 0.15) is 23.8 Å². The van der Waals surface area contributed by atoms with E-state index in [4.69, 9.17) is 9.47 Å². The molecule has 0 aliphatic rings. The Kier molecular flexibility index (Phi) is 4.81. The molecule has 21 heavy (non-hydrogen) atoms. The molecule has 0 atom stereocenters. The fraction of sp³-hybridized carbons (Fsp3) is 0.333. The average Bonchev–Trinajstić information content (AvgIpc) is 2.86. The lowest BCUT2D eigenvalue weighted by molar-refractivity contribution is -0.141. The number of H-pyrrole nitrogens is 1. The Balaban J connectivity index is 2.27. The molecule has 1 heterocycles. The van der Waals surface area contributed by atoms with Crippen molar-refractivity contribution >= 4 is 22.8 Å². The second-order valence-electron chi connectivity index (χ2n) is 4.27. The number of rotatable bonds is 6. The number of fused-ring (bicyclic) bond motifs is 1. The summed E-state index contributed by atoms with van der Waals surface area (Å²) in [5, 5.41) is 0.769. The molecule has 1 aromatic heterocycles. The summed E-state index contributed by atoms with van der Waals surface area (Å²) in [6, 6.07) is 7.37. The van der Waals surface area contributed by atoms with Crippen LogP contribution < -0.4 is 4.74 Å². The summed E-state index contributed by atoms with van der Waals surface area (Å²) < 4.78 is 15.2. The molecule has 0 radical (unpaired) electrons. The van der Waals surface area contributed by atoms with E-state index >= 15 is 0 Å². The van der Waals surface area contributed by atoms with Gasteiger partial charge < -0.3 is 19.2 Å². The molecule has 2 rings (SSSR count). The van der Waals surface area contributed by atoms with Crippen LogP contribution in [0, 0.1) is 0 Å². The molecule has 112 valence electrons. The van der Waals surface area contributed by atoms with Gasteiger partial charge in [-0.2, -0.15) is 0 Å². The van der Waals surface area contributed by atoms with Crippen molar-refractivity contribution in [2.75, 3.05) is 20.3 Å². The van der Waals surface area contributed by atoms with Crippen molar-refractivity contribution in [2.24, 2.45) is 0 Å². The van der Waals surface area contributed by atoms with Crippen molar-refractivity contribution in [1.82, 2.24) is 4.98 Å². The lowest BCUT2D eigenvalue weighted by Crippen LogP contribution is -2.11. The summed E-state index contributed by atoms with van der Waals surface area (Å²) in [6.45, 7) is 2.13. The number of para-hydroxylation sites is 1. The van der Waals surface area contributed by atoms with Gasteiger partial charge in [0.1, 0.15) is 0 Å². The Hall–Kier alpha value is -2.50. The average molecular weight is 291 g/mol. The zero-order valence-corrected chi connectivity index (χ0v) is 12.0. The third kappa shape index (κ3) is 3.34. The standard InChI is InChI=1S/C15H17NO5/c1-3-20-15(18)13-14(21-9-8-12(17)19-2)10-6-4-5-7-11(10)16-13/h4-7,16H,3,8-9H2,1-2H3. The van der Waals surface area contributed by atoms with Crippen LogP contribution >= 0.6 is 0 Å². The van der Waals surface area contributed by atoms with Crippen molar-refractivity contribution in [3.8, 4) is 5.75 Å². The van der Waals surface area contributed by atoms with Crippen LogP contribution in [0.4, 0.5) is 0 Å². The highest BCUT2D eigenvalue weighted by Gasteiger charge is 2.20. The molecule has 0 fully saturated rings. The Labute approximate surface area is 122 Å². The van der Waals surface area contributed by atoms with Gasteiger partial charge in [0, 0.05) is 10.9 Å². The minimum atomic E-state index is -0.484. The highest BCUT2D eigenvalue weighted by atomic mass is 16.5. The monoisotopic (exact) mass is 291 g/mol. The number of hydrogen-bond donors (Lipinski definition) is 1. The number of ether oxygens (including phenoxy) is 3. The van der Waals surface area contributed by atoms with Crippen LogP contribution in [0.2, 0.25) is 0 Å². The molecule has 0 aliphatic carbocycles. The van der Waals surface area contributed by atoms with E-state index in [2.05, 4.69) is 9.72 Å². The summed E-state index contributed by atoms with van der Waals surface area (Å²) in [4.78, 5) is 26.1. The summed E-state index contributed by atoms with van der Waals surface area (Å²) in [5.41, 5.74) is 1.02. The molecule has 0 spiro atoms. The maximum atomic E-state index is 12.0. The molecule has 1 N–H and O–H groups in total. The molecule has 1 aromatic carbocycles. The largest absolute Gasteiger partial charge is 0.490 e. The molecular formula is C15H17NO5. The molecular weight excluding hydrogens is 274 g/mol. The first kappa shape index (κ1) is 14.9. The van der Waals surface area contributed by atoms with Crippen molar-refractivity contribution in [3.63, 3.8) is 0 Å². The third-order valence-electron chi connectivity index (χ3n) is 2.92. The minimum Gasteiger partial charge on any atom is -0.490 e. The Morgan fingerprint density at radius 2 is 2.00 bits per heavy atom. The molecule has 0 saturated carbocycles. The van der Waals surface area contributed by atoms with Gasteiger partial charge in [0.2, 0.25) is 0 Å². The van der Waals surface area contributed by atoms with Crippen LogP contribution in [0.3, 0.4) is 0 Å². The number of benzene rings is 1. The van der Waals surface area contributed by atoms with Crippen molar-refractivity contribution in [2.45, 2.75) is 13.3 Å². The predicted molar refractivity (Wildman–Crippen MR) is 76.4 cm³/mol. The zero-order chi connectivity index (χ0) is 15.2. The number of hydrogen-bond acceptors (Lipinski definition) is 5. The highest BCUT2D eigenvalue weighted by Crippen LogP contribution is 2.30. The van der Waals surface area contributed by atoms with E-state index in [1.165, 1.54) is 7.11 Å². The minimum absolute atomic E-state index is 0.109. The molecule has 6 nitrogen and oxygen atoms in total. The topological polar surface area (TPSA) is 77.6 Å². The quantitative estimate of drug-likeness (QED) is 0.826. The summed E-state index contributed by atoms with van der Waals surface area (Å²) in [5.74, 6) is -0.456. The van der Waals surface area contributed by atoms with Gasteiger partial charge in [-0.15, -0.1) is 0 Å². The Bertz CT molecular complexity index is 647. The maximum Gasteiger partial charge on any atom is 0.358 e. The summed E-state index contributed by atoms with van der Waals surface area (Å²) in [7, 11) is 1.32. The van der Waals surface area contributed by atoms with E-state index < -0.39 is 5.97 Å². The predicted octanol–water partition coefficient (Wildman–Crippen LogP) is 2.29. The van der Waals surface area contributed by atoms with E-state index in [0.717, 1.165) is 10.9 Å². The van der Waals surface area contributed by atoms with Gasteiger partial charge in [0.25, 0.3) is 0 Å². The van der Waals surface area contributed by atoms with Crippen LogP contribution in [0.25, 0.3) is 10.9 Å². The number of aromatic amines is 1. The number of nitrogens with one attached hydrogen (secondary N) is 1. The zero-order valence-electron chi connectivity index (χ0n) is 12.0. The maximum absolute atomic E-state index is 12.0. The number of carbonyl (C=O) groups is 2. The molecule has 6 heteroatoms. The van der Waals surface area contributed by atoms with Gasteiger partial charge in [0.15, 0.2) is 11.4 Å². The van der Waals surface area contributed by atoms with Gasteiger partial charge in [-0.3, -0.25) is 4.79 Å². The van der Waals surface area contributed by atoms with Crippen LogP contribution in [0.5, 0.6) is 5.75 Å². The van der Waals surface area contributed by atoms with E-state index in [0.29, 0.717) is 5.75 Å². The van der Waals surface area contributed by atoms with E-state index in [1.54, 1.807) is 6.92 Å². The molecule has 0 unspecified atom stereocenters. The van der Waals surface area contributed by atoms with Crippen LogP contribution in [0.15, 0.2) is 24.3 Å². The second kappa shape index (κ2) is 6.78. The number of aromatic nitrogens is 1. The molecule has 2 aromatic rings. The van der Waals surface area contributed by atoms with E-state index in [1.807, 2.05) is 24.3 Å². The normalized spacial score (nSPS) is 10.4. The third-order valence-corrected chi connectivity index (χ3v) is 2.92. The molecule has 0 amide bonds. The van der Waals surface area contributed by atoms with Gasteiger partial charge >= 0.3 is 11.9 Å². The second-order valence-corrected chi connectivity index (χ2v) is 4.27. The van der Waals surface area contributed by atoms with E-state index in [9.17, 15) is 9.59 Å².